The van der Waals surface area contributed by atoms with Gasteiger partial charge < -0.3 is 14.8 Å². The summed E-state index contributed by atoms with van der Waals surface area (Å²) in [5.41, 5.74) is 3.95. The predicted molar refractivity (Wildman–Crippen MR) is 102 cm³/mol. The Morgan fingerprint density at radius 2 is 1.96 bits per heavy atom. The molecule has 2 aromatic rings. The molecule has 0 bridgehead atoms. The van der Waals surface area contributed by atoms with Gasteiger partial charge in [-0.2, -0.15) is 0 Å². The van der Waals surface area contributed by atoms with E-state index in [4.69, 9.17) is 9.47 Å². The van der Waals surface area contributed by atoms with Gasteiger partial charge in [0, 0.05) is 11.8 Å². The van der Waals surface area contributed by atoms with Gasteiger partial charge in [-0.05, 0) is 55.2 Å². The first-order valence-corrected chi connectivity index (χ1v) is 8.47. The van der Waals surface area contributed by atoms with Gasteiger partial charge in [0.15, 0.2) is 11.5 Å². The molecule has 2 aromatic carbocycles. The van der Waals surface area contributed by atoms with E-state index < -0.39 is 0 Å². The van der Waals surface area contributed by atoms with Crippen LogP contribution in [0.15, 0.2) is 42.5 Å². The average molecular weight is 339 g/mol. The Hall–Kier alpha value is -2.75. The predicted octanol–water partition coefficient (Wildman–Crippen LogP) is 4.62. The van der Waals surface area contributed by atoms with Gasteiger partial charge in [-0.15, -0.1) is 0 Å². The van der Waals surface area contributed by atoms with Crippen LogP contribution >= 0.6 is 0 Å². The Bertz CT molecular complexity index is 766. The number of ether oxygens (including phenoxy) is 2. The van der Waals surface area contributed by atoms with Crippen LogP contribution in [0.4, 0.5) is 5.69 Å². The van der Waals surface area contributed by atoms with E-state index in [0.29, 0.717) is 18.1 Å². The van der Waals surface area contributed by atoms with Crippen molar-refractivity contribution in [1.29, 1.82) is 0 Å². The molecule has 0 aromatic heterocycles. The summed E-state index contributed by atoms with van der Waals surface area (Å²) >= 11 is 0. The van der Waals surface area contributed by atoms with E-state index in [1.807, 2.05) is 50.2 Å². The number of hydrogen-bond acceptors (Lipinski definition) is 3. The molecule has 1 amide bonds. The summed E-state index contributed by atoms with van der Waals surface area (Å²) in [5.74, 6) is 1.19. The minimum atomic E-state index is -0.156. The van der Waals surface area contributed by atoms with Gasteiger partial charge in [-0.1, -0.05) is 31.2 Å². The number of anilines is 1. The average Bonchev–Trinajstić information content (AvgIpc) is 2.62. The van der Waals surface area contributed by atoms with Gasteiger partial charge in [-0.25, -0.2) is 0 Å². The molecular weight excluding hydrogens is 314 g/mol. The Balaban J connectivity index is 2.13. The van der Waals surface area contributed by atoms with E-state index in [1.165, 1.54) is 6.08 Å². The Labute approximate surface area is 149 Å². The van der Waals surface area contributed by atoms with Gasteiger partial charge in [-0.3, -0.25) is 4.79 Å². The molecule has 4 nitrogen and oxygen atoms in total. The molecular formula is C21H25NO3. The van der Waals surface area contributed by atoms with Crippen LogP contribution in [0.5, 0.6) is 11.5 Å². The normalized spacial score (nSPS) is 10.7. The van der Waals surface area contributed by atoms with Crippen molar-refractivity contribution in [2.24, 2.45) is 0 Å². The maximum Gasteiger partial charge on any atom is 0.248 e. The molecule has 0 atom stereocenters. The number of carbonyl (C=O) groups is 1. The van der Waals surface area contributed by atoms with Crippen LogP contribution in [0.25, 0.3) is 6.08 Å². The van der Waals surface area contributed by atoms with Gasteiger partial charge in [0.05, 0.1) is 13.7 Å². The highest BCUT2D eigenvalue weighted by Crippen LogP contribution is 2.28. The maximum atomic E-state index is 12.3. The number of amides is 1. The van der Waals surface area contributed by atoms with Gasteiger partial charge in [0.2, 0.25) is 5.91 Å². The third kappa shape index (κ3) is 4.86. The fraction of sp³-hybridized carbons (Fsp3) is 0.286. The number of carbonyl (C=O) groups excluding carboxylic acids is 1. The first-order valence-electron chi connectivity index (χ1n) is 8.47. The SMILES string of the molecule is CCOc1ccc(/C=C\C(=O)Nc2c(C)cccc2CC)cc1OC. The molecule has 132 valence electrons. The summed E-state index contributed by atoms with van der Waals surface area (Å²) in [5, 5.41) is 2.98. The second-order valence-electron chi connectivity index (χ2n) is 5.63. The zero-order chi connectivity index (χ0) is 18.2. The van der Waals surface area contributed by atoms with Crippen LogP contribution in [-0.2, 0) is 11.2 Å². The molecule has 0 saturated carbocycles. The van der Waals surface area contributed by atoms with Crippen LogP contribution < -0.4 is 14.8 Å². The van der Waals surface area contributed by atoms with E-state index in [0.717, 1.165) is 28.8 Å². The van der Waals surface area contributed by atoms with Crippen LogP contribution in [-0.4, -0.2) is 19.6 Å². The lowest BCUT2D eigenvalue weighted by molar-refractivity contribution is -0.111. The van der Waals surface area contributed by atoms with Crippen molar-refractivity contribution in [2.75, 3.05) is 19.0 Å². The number of aryl methyl sites for hydroxylation is 2. The van der Waals surface area contributed by atoms with Crippen molar-refractivity contribution in [3.05, 3.63) is 59.2 Å². The molecule has 0 aliphatic carbocycles. The number of rotatable bonds is 7. The highest BCUT2D eigenvalue weighted by atomic mass is 16.5. The standard InChI is InChI=1S/C21H25NO3/c1-5-17-9-7-8-15(3)21(17)22-20(23)13-11-16-10-12-18(25-6-2)19(14-16)24-4/h7-14H,5-6H2,1-4H3,(H,22,23)/b13-11-. The summed E-state index contributed by atoms with van der Waals surface area (Å²) in [6.45, 7) is 6.57. The first-order chi connectivity index (χ1) is 12.1. The molecule has 4 heteroatoms. The summed E-state index contributed by atoms with van der Waals surface area (Å²) in [6, 6.07) is 11.6. The van der Waals surface area contributed by atoms with E-state index in [2.05, 4.69) is 12.2 Å². The lowest BCUT2D eigenvalue weighted by Crippen LogP contribution is -2.11. The maximum absolute atomic E-state index is 12.3. The molecule has 0 fully saturated rings. The molecule has 0 radical (unpaired) electrons. The van der Waals surface area contributed by atoms with Crippen molar-refractivity contribution in [2.45, 2.75) is 27.2 Å². The first kappa shape index (κ1) is 18.6. The van der Waals surface area contributed by atoms with Crippen LogP contribution in [0.1, 0.15) is 30.5 Å². The van der Waals surface area contributed by atoms with E-state index in [9.17, 15) is 4.79 Å². The van der Waals surface area contributed by atoms with Crippen molar-refractivity contribution in [1.82, 2.24) is 0 Å². The molecule has 0 spiro atoms. The Morgan fingerprint density at radius 3 is 2.64 bits per heavy atom. The molecule has 0 saturated heterocycles. The Morgan fingerprint density at radius 1 is 1.16 bits per heavy atom. The van der Waals surface area contributed by atoms with Crippen LogP contribution in [0, 0.1) is 6.92 Å². The number of para-hydroxylation sites is 1. The second kappa shape index (κ2) is 8.92. The largest absolute Gasteiger partial charge is 0.493 e. The fourth-order valence-electron chi connectivity index (χ4n) is 2.60. The highest BCUT2D eigenvalue weighted by Gasteiger charge is 2.07. The topological polar surface area (TPSA) is 47.6 Å². The van der Waals surface area contributed by atoms with Crippen molar-refractivity contribution in [3.8, 4) is 11.5 Å². The monoisotopic (exact) mass is 339 g/mol. The summed E-state index contributed by atoms with van der Waals surface area (Å²) < 4.78 is 10.8. The summed E-state index contributed by atoms with van der Waals surface area (Å²) in [4.78, 5) is 12.3. The quantitative estimate of drug-likeness (QED) is 0.749. The molecule has 1 N–H and O–H groups in total. The van der Waals surface area contributed by atoms with E-state index in [-0.39, 0.29) is 5.91 Å². The van der Waals surface area contributed by atoms with Crippen LogP contribution in [0.2, 0.25) is 0 Å². The molecule has 0 aliphatic rings. The molecule has 0 heterocycles. The van der Waals surface area contributed by atoms with E-state index in [1.54, 1.807) is 13.2 Å². The highest BCUT2D eigenvalue weighted by molar-refractivity contribution is 6.02. The van der Waals surface area contributed by atoms with Crippen molar-refractivity contribution >= 4 is 17.7 Å². The lowest BCUT2D eigenvalue weighted by atomic mass is 10.1. The third-order valence-corrected chi connectivity index (χ3v) is 3.90. The zero-order valence-electron chi connectivity index (χ0n) is 15.3. The number of benzene rings is 2. The minimum Gasteiger partial charge on any atom is -0.493 e. The second-order valence-corrected chi connectivity index (χ2v) is 5.63. The van der Waals surface area contributed by atoms with Gasteiger partial charge in [0.1, 0.15) is 0 Å². The van der Waals surface area contributed by atoms with Gasteiger partial charge >= 0.3 is 0 Å². The van der Waals surface area contributed by atoms with E-state index >= 15 is 0 Å². The smallest absolute Gasteiger partial charge is 0.248 e. The third-order valence-electron chi connectivity index (χ3n) is 3.90. The van der Waals surface area contributed by atoms with Crippen molar-refractivity contribution < 1.29 is 14.3 Å². The fourth-order valence-corrected chi connectivity index (χ4v) is 2.60. The molecule has 25 heavy (non-hydrogen) atoms. The molecule has 2 rings (SSSR count). The van der Waals surface area contributed by atoms with Gasteiger partial charge in [0.25, 0.3) is 0 Å². The Kier molecular flexibility index (Phi) is 6.63. The zero-order valence-corrected chi connectivity index (χ0v) is 15.3. The van der Waals surface area contributed by atoms with Crippen molar-refractivity contribution in [3.63, 3.8) is 0 Å². The number of nitrogens with one attached hydrogen (secondary N) is 1. The number of methoxy groups -OCH3 is 1. The summed E-state index contributed by atoms with van der Waals surface area (Å²) in [7, 11) is 1.60. The molecule has 0 unspecified atom stereocenters. The number of hydrogen-bond donors (Lipinski definition) is 1. The minimum absolute atomic E-state index is 0.156. The molecule has 0 aliphatic heterocycles. The lowest BCUT2D eigenvalue weighted by Gasteiger charge is -2.11. The van der Waals surface area contributed by atoms with Crippen LogP contribution in [0.3, 0.4) is 0 Å². The summed E-state index contributed by atoms with van der Waals surface area (Å²) in [6.07, 6.45) is 4.16.